The van der Waals surface area contributed by atoms with E-state index in [1.54, 1.807) is 0 Å². The second kappa shape index (κ2) is 6.59. The average Bonchev–Trinajstić information content (AvgIpc) is 3.33. The van der Waals surface area contributed by atoms with E-state index in [9.17, 15) is 9.59 Å². The lowest BCUT2D eigenvalue weighted by atomic mass is 9.75. The molecule has 2 aromatic rings. The van der Waals surface area contributed by atoms with E-state index < -0.39 is 6.04 Å². The Kier molecular flexibility index (Phi) is 4.21. The molecule has 3 heterocycles. The van der Waals surface area contributed by atoms with Crippen molar-refractivity contribution in [3.8, 4) is 0 Å². The smallest absolute Gasteiger partial charge is 0.248 e. The molecule has 1 N–H and O–H groups in total. The number of amides is 2. The number of fused-ring (bicyclic) bond motifs is 1. The highest BCUT2D eigenvalue weighted by Crippen LogP contribution is 2.57. The van der Waals surface area contributed by atoms with Gasteiger partial charge in [-0.3, -0.25) is 9.59 Å². The van der Waals surface area contributed by atoms with E-state index >= 15 is 0 Å². The average molecular weight is 404 g/mol. The van der Waals surface area contributed by atoms with Gasteiger partial charge in [-0.05, 0) is 50.8 Å². The van der Waals surface area contributed by atoms with Crippen molar-refractivity contribution in [3.63, 3.8) is 0 Å². The first-order chi connectivity index (χ1) is 14.3. The van der Waals surface area contributed by atoms with Gasteiger partial charge in [-0.1, -0.05) is 48.5 Å². The van der Waals surface area contributed by atoms with Gasteiger partial charge in [0.15, 0.2) is 0 Å². The number of para-hydroxylation sites is 1. The molecule has 156 valence electrons. The molecule has 3 aliphatic heterocycles. The molecular formula is C25H29N3O2. The monoisotopic (exact) mass is 403 g/mol. The van der Waals surface area contributed by atoms with E-state index in [2.05, 4.69) is 38.2 Å². The highest BCUT2D eigenvalue weighted by atomic mass is 16.2. The summed E-state index contributed by atoms with van der Waals surface area (Å²) in [5.74, 6) is 0.146. The van der Waals surface area contributed by atoms with Crippen molar-refractivity contribution in [1.29, 1.82) is 0 Å². The predicted octanol–water partition coefficient (Wildman–Crippen LogP) is 3.55. The van der Waals surface area contributed by atoms with Gasteiger partial charge in [-0.15, -0.1) is 0 Å². The van der Waals surface area contributed by atoms with Gasteiger partial charge in [-0.2, -0.15) is 0 Å². The summed E-state index contributed by atoms with van der Waals surface area (Å²) in [5.41, 5.74) is 2.72. The normalized spacial score (nSPS) is 27.0. The number of nitrogens with zero attached hydrogens (tertiary/aromatic N) is 2. The number of hydrogen-bond donors (Lipinski definition) is 1. The van der Waals surface area contributed by atoms with Gasteiger partial charge in [0, 0.05) is 24.2 Å². The summed E-state index contributed by atoms with van der Waals surface area (Å²) in [5, 5.41) is 3.63. The molecule has 2 aromatic carbocycles. The standard InChI is InChI=1S/C25H29N3O2/c1-24(2,3)28-22(30)21-25(18-11-7-8-12-19(18)26-23(25)28)15-16-27(21)20(29)14-13-17-9-5-4-6-10-17/h4-12,21,23,26H,13-16H2,1-3H3/t21-,23-,25+/m0/s1. The summed E-state index contributed by atoms with van der Waals surface area (Å²) in [7, 11) is 0. The first-order valence-corrected chi connectivity index (χ1v) is 10.9. The molecule has 2 fully saturated rings. The lowest BCUT2D eigenvalue weighted by Crippen LogP contribution is -2.53. The van der Waals surface area contributed by atoms with Gasteiger partial charge in [0.2, 0.25) is 11.8 Å². The molecule has 5 nitrogen and oxygen atoms in total. The Hall–Kier alpha value is -2.82. The van der Waals surface area contributed by atoms with Crippen LogP contribution in [0.1, 0.15) is 44.7 Å². The highest BCUT2D eigenvalue weighted by Gasteiger charge is 2.69. The van der Waals surface area contributed by atoms with Gasteiger partial charge in [0.25, 0.3) is 0 Å². The van der Waals surface area contributed by atoms with Crippen LogP contribution in [0, 0.1) is 0 Å². The Morgan fingerprint density at radius 2 is 1.80 bits per heavy atom. The Balaban J connectivity index is 1.49. The summed E-state index contributed by atoms with van der Waals surface area (Å²) in [6, 6.07) is 17.9. The van der Waals surface area contributed by atoms with Crippen molar-refractivity contribution < 1.29 is 9.59 Å². The maximum absolute atomic E-state index is 13.7. The van der Waals surface area contributed by atoms with Crippen LogP contribution in [0.4, 0.5) is 5.69 Å². The van der Waals surface area contributed by atoms with E-state index in [0.717, 1.165) is 17.7 Å². The van der Waals surface area contributed by atoms with Crippen LogP contribution in [0.15, 0.2) is 54.6 Å². The second-order valence-corrected chi connectivity index (χ2v) is 9.74. The van der Waals surface area contributed by atoms with Crippen molar-refractivity contribution in [1.82, 2.24) is 9.80 Å². The lowest BCUT2D eigenvalue weighted by Gasteiger charge is -2.39. The number of benzene rings is 2. The zero-order valence-corrected chi connectivity index (χ0v) is 17.9. The van der Waals surface area contributed by atoms with Crippen LogP contribution in [0.25, 0.3) is 0 Å². The molecule has 30 heavy (non-hydrogen) atoms. The molecule has 0 aromatic heterocycles. The Morgan fingerprint density at radius 3 is 2.53 bits per heavy atom. The van der Waals surface area contributed by atoms with Crippen LogP contribution in [-0.4, -0.2) is 45.9 Å². The zero-order valence-electron chi connectivity index (χ0n) is 17.9. The van der Waals surface area contributed by atoms with Crippen molar-refractivity contribution >= 4 is 17.5 Å². The lowest BCUT2D eigenvalue weighted by molar-refractivity contribution is -0.143. The van der Waals surface area contributed by atoms with Gasteiger partial charge >= 0.3 is 0 Å². The van der Waals surface area contributed by atoms with E-state index in [-0.39, 0.29) is 28.9 Å². The minimum absolute atomic E-state index is 0.0695. The molecule has 0 bridgehead atoms. The molecule has 0 radical (unpaired) electrons. The summed E-state index contributed by atoms with van der Waals surface area (Å²) >= 11 is 0. The fourth-order valence-electron chi connectivity index (χ4n) is 5.79. The maximum atomic E-state index is 13.7. The molecular weight excluding hydrogens is 374 g/mol. The number of carbonyl (C=O) groups is 2. The van der Waals surface area contributed by atoms with Crippen molar-refractivity contribution in [2.24, 2.45) is 0 Å². The number of nitrogens with one attached hydrogen (secondary N) is 1. The van der Waals surface area contributed by atoms with Crippen molar-refractivity contribution in [3.05, 3.63) is 65.7 Å². The van der Waals surface area contributed by atoms with Gasteiger partial charge in [0.05, 0.1) is 5.41 Å². The van der Waals surface area contributed by atoms with E-state index in [0.29, 0.717) is 19.4 Å². The number of hydrogen-bond acceptors (Lipinski definition) is 3. The number of carbonyl (C=O) groups excluding carboxylic acids is 2. The van der Waals surface area contributed by atoms with Crippen LogP contribution in [0.5, 0.6) is 0 Å². The van der Waals surface area contributed by atoms with Crippen molar-refractivity contribution in [2.45, 2.75) is 63.2 Å². The molecule has 2 amide bonds. The fraction of sp³-hybridized carbons (Fsp3) is 0.440. The molecule has 5 heteroatoms. The Labute approximate surface area is 178 Å². The minimum Gasteiger partial charge on any atom is -0.364 e. The van der Waals surface area contributed by atoms with Crippen LogP contribution in [0.2, 0.25) is 0 Å². The SMILES string of the molecule is CC(C)(C)N1C(=O)[C@@H]2N(C(=O)CCc3ccccc3)CC[C@@]23c2ccccc2N[C@@H]13. The molecule has 1 spiro atoms. The summed E-state index contributed by atoms with van der Waals surface area (Å²) < 4.78 is 0. The highest BCUT2D eigenvalue weighted by molar-refractivity contribution is 5.96. The zero-order chi connectivity index (χ0) is 21.1. The summed E-state index contributed by atoms with van der Waals surface area (Å²) in [4.78, 5) is 30.9. The number of aryl methyl sites for hydroxylation is 1. The minimum atomic E-state index is -0.429. The molecule has 3 atom stereocenters. The van der Waals surface area contributed by atoms with E-state index in [1.807, 2.05) is 52.3 Å². The fourth-order valence-corrected chi connectivity index (χ4v) is 5.79. The molecule has 2 saturated heterocycles. The van der Waals surface area contributed by atoms with E-state index in [4.69, 9.17) is 0 Å². The summed E-state index contributed by atoms with van der Waals surface area (Å²) in [6.07, 6.45) is 1.82. The largest absolute Gasteiger partial charge is 0.364 e. The van der Waals surface area contributed by atoms with Crippen LogP contribution in [-0.2, 0) is 21.4 Å². The predicted molar refractivity (Wildman–Crippen MR) is 117 cm³/mol. The Bertz CT molecular complexity index is 997. The third-order valence-electron chi connectivity index (χ3n) is 7.02. The quantitative estimate of drug-likeness (QED) is 0.853. The Morgan fingerprint density at radius 1 is 1.10 bits per heavy atom. The van der Waals surface area contributed by atoms with Crippen molar-refractivity contribution in [2.75, 3.05) is 11.9 Å². The molecule has 3 aliphatic rings. The first kappa shape index (κ1) is 19.2. The first-order valence-electron chi connectivity index (χ1n) is 10.9. The summed E-state index contributed by atoms with van der Waals surface area (Å²) in [6.45, 7) is 6.86. The number of likely N-dealkylation sites (tertiary alicyclic amines) is 2. The molecule has 0 unspecified atom stereocenters. The third-order valence-corrected chi connectivity index (χ3v) is 7.02. The van der Waals surface area contributed by atoms with Gasteiger partial charge < -0.3 is 15.1 Å². The van der Waals surface area contributed by atoms with Gasteiger partial charge in [-0.25, -0.2) is 0 Å². The van der Waals surface area contributed by atoms with Crippen LogP contribution in [0.3, 0.4) is 0 Å². The molecule has 0 saturated carbocycles. The second-order valence-electron chi connectivity index (χ2n) is 9.74. The maximum Gasteiger partial charge on any atom is 0.248 e. The molecule has 5 rings (SSSR count). The molecule has 0 aliphatic carbocycles. The third kappa shape index (κ3) is 2.60. The topological polar surface area (TPSA) is 52.7 Å². The van der Waals surface area contributed by atoms with Crippen LogP contribution >= 0.6 is 0 Å². The van der Waals surface area contributed by atoms with Gasteiger partial charge in [0.1, 0.15) is 12.2 Å². The number of anilines is 1. The van der Waals surface area contributed by atoms with E-state index in [1.165, 1.54) is 5.56 Å². The number of rotatable bonds is 3. The van der Waals surface area contributed by atoms with Crippen LogP contribution < -0.4 is 5.32 Å².